The Balaban J connectivity index is 0.000000511. The van der Waals surface area contributed by atoms with Crippen LogP contribution in [-0.2, 0) is 9.59 Å². The molecule has 8 heteroatoms. The van der Waals surface area contributed by atoms with Gasteiger partial charge in [-0.3, -0.25) is 0 Å². The van der Waals surface area contributed by atoms with E-state index in [0.29, 0.717) is 24.7 Å². The molecule has 0 fully saturated rings. The highest BCUT2D eigenvalue weighted by Crippen LogP contribution is 2.16. The summed E-state index contributed by atoms with van der Waals surface area (Å²) in [6, 6.07) is 7.28. The number of hydrogen-bond donors (Lipinski definition) is 4. The highest BCUT2D eigenvalue weighted by Gasteiger charge is 2.04. The zero-order valence-electron chi connectivity index (χ0n) is 10.6. The molecule has 0 aliphatic rings. The van der Waals surface area contributed by atoms with Crippen molar-refractivity contribution in [3.8, 4) is 5.75 Å². The fraction of sp³-hybridized carbons (Fsp3) is 0.333. The lowest BCUT2D eigenvalue weighted by Gasteiger charge is -2.06. The van der Waals surface area contributed by atoms with E-state index < -0.39 is 11.9 Å². The summed E-state index contributed by atoms with van der Waals surface area (Å²) in [5.74, 6) is -2.88. The molecule has 0 saturated heterocycles. The topological polar surface area (TPSA) is 116 Å². The van der Waals surface area contributed by atoms with Gasteiger partial charge in [-0.2, -0.15) is 0 Å². The monoisotopic (exact) mass is 305 g/mol. The summed E-state index contributed by atoms with van der Waals surface area (Å²) < 4.78 is 5.40. The first kappa shape index (κ1) is 18.2. The van der Waals surface area contributed by atoms with Gasteiger partial charge in [-0.25, -0.2) is 9.59 Å². The second kappa shape index (κ2) is 11.0. The third-order valence-electron chi connectivity index (χ3n) is 1.82. The van der Waals surface area contributed by atoms with Crippen LogP contribution in [0.1, 0.15) is 0 Å². The number of carbonyl (C=O) groups is 2. The summed E-state index contributed by atoms with van der Waals surface area (Å²) in [5.41, 5.74) is 0. The highest BCUT2D eigenvalue weighted by atomic mass is 35.5. The van der Waals surface area contributed by atoms with Gasteiger partial charge >= 0.3 is 11.9 Å². The lowest BCUT2D eigenvalue weighted by atomic mass is 10.3. The first-order chi connectivity index (χ1) is 9.47. The van der Waals surface area contributed by atoms with Gasteiger partial charge in [0.2, 0.25) is 0 Å². The van der Waals surface area contributed by atoms with E-state index >= 15 is 0 Å². The Kier molecular flexibility index (Phi) is 10.0. The molecule has 0 unspecified atom stereocenters. The predicted octanol–water partition coefficient (Wildman–Crippen LogP) is 0.456. The van der Waals surface area contributed by atoms with Crippen molar-refractivity contribution in [3.05, 3.63) is 29.3 Å². The molecular weight excluding hydrogens is 290 g/mol. The molecule has 0 aromatic heterocycles. The molecule has 0 amide bonds. The van der Waals surface area contributed by atoms with Crippen molar-refractivity contribution in [2.45, 2.75) is 0 Å². The van der Waals surface area contributed by atoms with Crippen LogP contribution in [0, 0.1) is 0 Å². The minimum absolute atomic E-state index is 0.150. The minimum atomic E-state index is -1.82. The van der Waals surface area contributed by atoms with E-state index in [4.69, 9.17) is 41.2 Å². The molecule has 0 atom stereocenters. The molecule has 112 valence electrons. The van der Waals surface area contributed by atoms with Gasteiger partial charge in [0.05, 0.1) is 6.61 Å². The molecule has 0 aliphatic heterocycles. The maximum Gasteiger partial charge on any atom is 0.414 e. The van der Waals surface area contributed by atoms with E-state index in [2.05, 4.69) is 5.32 Å². The summed E-state index contributed by atoms with van der Waals surface area (Å²) >= 11 is 5.78. The van der Waals surface area contributed by atoms with Crippen molar-refractivity contribution in [1.29, 1.82) is 0 Å². The van der Waals surface area contributed by atoms with Crippen molar-refractivity contribution in [2.24, 2.45) is 0 Å². The Hall–Kier alpha value is -1.83. The molecule has 0 spiro atoms. The number of ether oxygens (including phenoxy) is 1. The molecule has 0 aliphatic carbocycles. The Morgan fingerprint density at radius 1 is 1.20 bits per heavy atom. The van der Waals surface area contributed by atoms with Crippen LogP contribution in [0.25, 0.3) is 0 Å². The second-order valence-electron chi connectivity index (χ2n) is 3.39. The number of rotatable bonds is 6. The molecule has 1 aromatic carbocycles. The Bertz CT molecular complexity index is 414. The van der Waals surface area contributed by atoms with E-state index in [1.54, 1.807) is 12.1 Å². The standard InChI is InChI=1S/C10H14ClNO2.C2H2O4/c11-9-2-1-3-10(8-9)14-7-5-12-4-6-13;3-1(4)2(5)6/h1-3,8,12-13H,4-7H2;(H,3,4)(H,5,6). The van der Waals surface area contributed by atoms with Gasteiger partial charge < -0.3 is 25.4 Å². The average Bonchev–Trinajstić information content (AvgIpc) is 2.39. The van der Waals surface area contributed by atoms with E-state index in [0.717, 1.165) is 5.75 Å². The number of halogens is 1. The molecule has 7 nitrogen and oxygen atoms in total. The number of aliphatic carboxylic acids is 2. The van der Waals surface area contributed by atoms with Crippen LogP contribution in [0.4, 0.5) is 0 Å². The van der Waals surface area contributed by atoms with E-state index in [9.17, 15) is 0 Å². The van der Waals surface area contributed by atoms with Crippen molar-refractivity contribution in [2.75, 3.05) is 26.3 Å². The number of carboxylic acid groups (broad SMARTS) is 2. The summed E-state index contributed by atoms with van der Waals surface area (Å²) in [4.78, 5) is 18.2. The van der Waals surface area contributed by atoms with Crippen LogP contribution in [0.2, 0.25) is 5.02 Å². The van der Waals surface area contributed by atoms with Gasteiger partial charge in [0.15, 0.2) is 0 Å². The third kappa shape index (κ3) is 10.1. The normalized spacial score (nSPS) is 9.30. The van der Waals surface area contributed by atoms with Crippen LogP contribution in [0.3, 0.4) is 0 Å². The van der Waals surface area contributed by atoms with Gasteiger partial charge in [0.25, 0.3) is 0 Å². The molecule has 1 aromatic rings. The van der Waals surface area contributed by atoms with Crippen LogP contribution in [0.15, 0.2) is 24.3 Å². The number of aliphatic hydroxyl groups excluding tert-OH is 1. The van der Waals surface area contributed by atoms with Gasteiger partial charge in [0.1, 0.15) is 12.4 Å². The van der Waals surface area contributed by atoms with Gasteiger partial charge in [-0.1, -0.05) is 17.7 Å². The van der Waals surface area contributed by atoms with Crippen LogP contribution >= 0.6 is 11.6 Å². The summed E-state index contributed by atoms with van der Waals surface area (Å²) in [5, 5.41) is 27.0. The maximum absolute atomic E-state index is 9.10. The number of carboxylic acids is 2. The molecule has 0 saturated carbocycles. The highest BCUT2D eigenvalue weighted by molar-refractivity contribution is 6.30. The fourth-order valence-electron chi connectivity index (χ4n) is 1.00. The fourth-order valence-corrected chi connectivity index (χ4v) is 1.18. The van der Waals surface area contributed by atoms with E-state index in [-0.39, 0.29) is 6.61 Å². The summed E-state index contributed by atoms with van der Waals surface area (Å²) in [6.45, 7) is 2.03. The number of aliphatic hydroxyl groups is 1. The van der Waals surface area contributed by atoms with Crippen molar-refractivity contribution in [3.63, 3.8) is 0 Å². The Labute approximate surface area is 120 Å². The molecule has 1 rings (SSSR count). The van der Waals surface area contributed by atoms with Crippen LogP contribution < -0.4 is 10.1 Å². The van der Waals surface area contributed by atoms with E-state index in [1.807, 2.05) is 12.1 Å². The number of benzene rings is 1. The van der Waals surface area contributed by atoms with Crippen molar-refractivity contribution >= 4 is 23.5 Å². The smallest absolute Gasteiger partial charge is 0.414 e. The summed E-state index contributed by atoms with van der Waals surface area (Å²) in [7, 11) is 0. The second-order valence-corrected chi connectivity index (χ2v) is 3.83. The van der Waals surface area contributed by atoms with Gasteiger partial charge in [-0.15, -0.1) is 0 Å². The number of hydrogen-bond acceptors (Lipinski definition) is 5. The number of nitrogens with one attached hydrogen (secondary N) is 1. The Morgan fingerprint density at radius 2 is 1.85 bits per heavy atom. The maximum atomic E-state index is 9.10. The quantitative estimate of drug-likeness (QED) is 0.445. The third-order valence-corrected chi connectivity index (χ3v) is 2.05. The Morgan fingerprint density at radius 3 is 2.35 bits per heavy atom. The van der Waals surface area contributed by atoms with Crippen LogP contribution in [0.5, 0.6) is 5.75 Å². The summed E-state index contributed by atoms with van der Waals surface area (Å²) in [6.07, 6.45) is 0. The van der Waals surface area contributed by atoms with Crippen LogP contribution in [-0.4, -0.2) is 53.6 Å². The lowest BCUT2D eigenvalue weighted by molar-refractivity contribution is -0.159. The zero-order chi connectivity index (χ0) is 15.4. The largest absolute Gasteiger partial charge is 0.492 e. The SMILES string of the molecule is O=C(O)C(=O)O.OCCNCCOc1cccc(Cl)c1. The van der Waals surface area contributed by atoms with Gasteiger partial charge in [-0.05, 0) is 18.2 Å². The van der Waals surface area contributed by atoms with Crippen molar-refractivity contribution < 1.29 is 29.6 Å². The predicted molar refractivity (Wildman–Crippen MR) is 72.2 cm³/mol. The lowest BCUT2D eigenvalue weighted by Crippen LogP contribution is -2.23. The zero-order valence-corrected chi connectivity index (χ0v) is 11.3. The van der Waals surface area contributed by atoms with E-state index in [1.165, 1.54) is 0 Å². The molecule has 4 N–H and O–H groups in total. The minimum Gasteiger partial charge on any atom is -0.492 e. The molecule has 20 heavy (non-hydrogen) atoms. The molecule has 0 radical (unpaired) electrons. The molecule has 0 bridgehead atoms. The van der Waals surface area contributed by atoms with Gasteiger partial charge in [0, 0.05) is 18.1 Å². The average molecular weight is 306 g/mol. The van der Waals surface area contributed by atoms with Crippen molar-refractivity contribution in [1.82, 2.24) is 5.32 Å². The molecular formula is C12H16ClNO6. The molecule has 0 heterocycles. The first-order valence-electron chi connectivity index (χ1n) is 5.63. The first-order valence-corrected chi connectivity index (χ1v) is 6.01.